The molecule has 0 radical (unpaired) electrons. The van der Waals surface area contributed by atoms with E-state index in [1.165, 1.54) is 0 Å². The Morgan fingerprint density at radius 1 is 1.04 bits per heavy atom. The smallest absolute Gasteiger partial charge is 0.257 e. The lowest BCUT2D eigenvalue weighted by Gasteiger charge is -2.07. The first-order valence-electron chi connectivity index (χ1n) is 7.67. The van der Waals surface area contributed by atoms with Crippen LogP contribution in [0.4, 0.5) is 5.69 Å². The average Bonchev–Trinajstić information content (AvgIpc) is 3.07. The minimum absolute atomic E-state index is 0.240. The van der Waals surface area contributed by atoms with Crippen LogP contribution in [-0.2, 0) is 0 Å². The molecule has 0 unspecified atom stereocenters. The standard InChI is InChI=1S/C19H13ClN4O/c20-16-5-2-1-4-15(16)18(25)22-14-8-6-13(7-9-14)17-12-24-11-3-10-21-19(24)23-17/h1-12H,(H,22,25). The maximum absolute atomic E-state index is 12.3. The van der Waals surface area contributed by atoms with Crippen molar-refractivity contribution in [1.82, 2.24) is 14.4 Å². The van der Waals surface area contributed by atoms with Gasteiger partial charge in [0.15, 0.2) is 0 Å². The van der Waals surface area contributed by atoms with Crippen LogP contribution < -0.4 is 5.32 Å². The number of nitrogens with zero attached hydrogens (tertiary/aromatic N) is 3. The van der Waals surface area contributed by atoms with E-state index in [0.717, 1.165) is 11.3 Å². The van der Waals surface area contributed by atoms with Crippen molar-refractivity contribution in [3.8, 4) is 11.3 Å². The molecular formula is C19H13ClN4O. The molecule has 0 aliphatic rings. The largest absolute Gasteiger partial charge is 0.322 e. The van der Waals surface area contributed by atoms with Crippen molar-refractivity contribution in [3.63, 3.8) is 0 Å². The summed E-state index contributed by atoms with van der Waals surface area (Å²) in [5, 5.41) is 3.27. The number of fused-ring (bicyclic) bond motifs is 1. The number of aromatic nitrogens is 3. The van der Waals surface area contributed by atoms with Crippen molar-refractivity contribution in [3.05, 3.63) is 83.8 Å². The normalized spacial score (nSPS) is 10.8. The molecule has 0 bridgehead atoms. The van der Waals surface area contributed by atoms with Crippen molar-refractivity contribution in [2.75, 3.05) is 5.32 Å². The van der Waals surface area contributed by atoms with Gasteiger partial charge in [0.05, 0.1) is 16.3 Å². The number of carbonyl (C=O) groups is 1. The van der Waals surface area contributed by atoms with Crippen molar-refractivity contribution < 1.29 is 4.79 Å². The van der Waals surface area contributed by atoms with Crippen molar-refractivity contribution >= 4 is 29.0 Å². The number of rotatable bonds is 3. The number of carbonyl (C=O) groups excluding carboxylic acids is 1. The predicted octanol–water partition coefficient (Wildman–Crippen LogP) is 4.30. The van der Waals surface area contributed by atoms with E-state index in [9.17, 15) is 4.79 Å². The van der Waals surface area contributed by atoms with Crippen LogP contribution >= 0.6 is 11.6 Å². The fourth-order valence-corrected chi connectivity index (χ4v) is 2.76. The van der Waals surface area contributed by atoms with Gasteiger partial charge in [0.1, 0.15) is 0 Å². The van der Waals surface area contributed by atoms with Gasteiger partial charge in [-0.15, -0.1) is 0 Å². The topological polar surface area (TPSA) is 59.3 Å². The first kappa shape index (κ1) is 15.4. The number of amides is 1. The molecular weight excluding hydrogens is 336 g/mol. The summed E-state index contributed by atoms with van der Waals surface area (Å²) in [4.78, 5) is 21.0. The molecule has 1 amide bonds. The first-order valence-corrected chi connectivity index (χ1v) is 8.04. The molecule has 1 N–H and O–H groups in total. The fraction of sp³-hybridized carbons (Fsp3) is 0. The van der Waals surface area contributed by atoms with Crippen LogP contribution in [0.1, 0.15) is 10.4 Å². The molecule has 0 aliphatic carbocycles. The van der Waals surface area contributed by atoms with Gasteiger partial charge >= 0.3 is 0 Å². The van der Waals surface area contributed by atoms with Gasteiger partial charge in [0, 0.05) is 29.8 Å². The zero-order chi connectivity index (χ0) is 17.2. The number of benzene rings is 2. The molecule has 0 spiro atoms. The molecule has 4 rings (SSSR count). The predicted molar refractivity (Wildman–Crippen MR) is 97.8 cm³/mol. The summed E-state index contributed by atoms with van der Waals surface area (Å²) in [5.74, 6) is 0.406. The fourth-order valence-electron chi connectivity index (χ4n) is 2.54. The third kappa shape index (κ3) is 3.09. The van der Waals surface area contributed by atoms with Gasteiger partial charge in [-0.2, -0.15) is 0 Å². The van der Waals surface area contributed by atoms with Gasteiger partial charge < -0.3 is 5.32 Å². The number of hydrogen-bond acceptors (Lipinski definition) is 3. The summed E-state index contributed by atoms with van der Waals surface area (Å²) in [6, 6.07) is 16.3. The number of anilines is 1. The molecule has 2 aromatic heterocycles. The van der Waals surface area contributed by atoms with E-state index in [-0.39, 0.29) is 5.91 Å². The highest BCUT2D eigenvalue weighted by atomic mass is 35.5. The summed E-state index contributed by atoms with van der Waals surface area (Å²) >= 11 is 6.05. The number of halogens is 1. The van der Waals surface area contributed by atoms with Gasteiger partial charge in [-0.05, 0) is 30.3 Å². The van der Waals surface area contributed by atoms with E-state index in [0.29, 0.717) is 22.1 Å². The highest BCUT2D eigenvalue weighted by Crippen LogP contribution is 2.22. The summed E-state index contributed by atoms with van der Waals surface area (Å²) in [7, 11) is 0. The molecule has 2 heterocycles. The Hall–Kier alpha value is -3.18. The Bertz CT molecular complexity index is 1020. The lowest BCUT2D eigenvalue weighted by molar-refractivity contribution is 0.102. The monoisotopic (exact) mass is 348 g/mol. The van der Waals surface area contributed by atoms with E-state index < -0.39 is 0 Å². The maximum atomic E-state index is 12.3. The summed E-state index contributed by atoms with van der Waals surface area (Å²) in [6.45, 7) is 0. The lowest BCUT2D eigenvalue weighted by atomic mass is 10.1. The van der Waals surface area contributed by atoms with Gasteiger partial charge in [0.2, 0.25) is 5.78 Å². The second-order valence-electron chi connectivity index (χ2n) is 5.46. The van der Waals surface area contributed by atoms with E-state index >= 15 is 0 Å². The molecule has 4 aromatic rings. The maximum Gasteiger partial charge on any atom is 0.257 e. The summed E-state index contributed by atoms with van der Waals surface area (Å²) in [6.07, 6.45) is 5.52. The third-order valence-corrected chi connectivity index (χ3v) is 4.12. The van der Waals surface area contributed by atoms with Crippen LogP contribution in [0.15, 0.2) is 73.2 Å². The third-order valence-electron chi connectivity index (χ3n) is 3.79. The Labute approximate surface area is 148 Å². The Balaban J connectivity index is 1.56. The second-order valence-corrected chi connectivity index (χ2v) is 5.87. The van der Waals surface area contributed by atoms with Gasteiger partial charge in [-0.1, -0.05) is 35.9 Å². The van der Waals surface area contributed by atoms with Gasteiger partial charge in [-0.3, -0.25) is 9.20 Å². The van der Waals surface area contributed by atoms with E-state index in [1.54, 1.807) is 30.5 Å². The lowest BCUT2D eigenvalue weighted by Crippen LogP contribution is -2.12. The van der Waals surface area contributed by atoms with E-state index in [1.807, 2.05) is 47.1 Å². The molecule has 0 fully saturated rings. The van der Waals surface area contributed by atoms with Crippen molar-refractivity contribution in [1.29, 1.82) is 0 Å². The zero-order valence-electron chi connectivity index (χ0n) is 13.1. The van der Waals surface area contributed by atoms with Crippen molar-refractivity contribution in [2.45, 2.75) is 0 Å². The first-order chi connectivity index (χ1) is 12.2. The highest BCUT2D eigenvalue weighted by molar-refractivity contribution is 6.34. The summed E-state index contributed by atoms with van der Waals surface area (Å²) < 4.78 is 1.86. The zero-order valence-corrected chi connectivity index (χ0v) is 13.8. The van der Waals surface area contributed by atoms with Gasteiger partial charge in [0.25, 0.3) is 5.91 Å². The molecule has 0 saturated carbocycles. The van der Waals surface area contributed by atoms with E-state index in [4.69, 9.17) is 11.6 Å². The minimum Gasteiger partial charge on any atom is -0.322 e. The molecule has 0 atom stereocenters. The second kappa shape index (κ2) is 6.37. The van der Waals surface area contributed by atoms with Crippen LogP contribution in [0.25, 0.3) is 17.0 Å². The number of hydrogen-bond donors (Lipinski definition) is 1. The van der Waals surface area contributed by atoms with Crippen LogP contribution in [0, 0.1) is 0 Å². The molecule has 6 heteroatoms. The van der Waals surface area contributed by atoms with Crippen molar-refractivity contribution in [2.24, 2.45) is 0 Å². The highest BCUT2D eigenvalue weighted by Gasteiger charge is 2.10. The Kier molecular flexibility index (Phi) is 3.91. The Morgan fingerprint density at radius 3 is 2.60 bits per heavy atom. The molecule has 25 heavy (non-hydrogen) atoms. The summed E-state index contributed by atoms with van der Waals surface area (Å²) in [5.41, 5.74) is 2.90. The molecule has 122 valence electrons. The number of nitrogens with one attached hydrogen (secondary N) is 1. The van der Waals surface area contributed by atoms with Gasteiger partial charge in [-0.25, -0.2) is 9.97 Å². The Morgan fingerprint density at radius 2 is 1.84 bits per heavy atom. The SMILES string of the molecule is O=C(Nc1ccc(-c2cn3cccnc3n2)cc1)c1ccccc1Cl. The van der Waals surface area contributed by atoms with Crippen LogP contribution in [0.2, 0.25) is 5.02 Å². The van der Waals surface area contributed by atoms with E-state index in [2.05, 4.69) is 15.3 Å². The average molecular weight is 349 g/mol. The molecule has 0 aliphatic heterocycles. The van der Waals surface area contributed by atoms with Crippen LogP contribution in [0.5, 0.6) is 0 Å². The van der Waals surface area contributed by atoms with Crippen LogP contribution in [0.3, 0.4) is 0 Å². The number of imidazole rings is 1. The minimum atomic E-state index is -0.240. The molecule has 0 saturated heterocycles. The quantitative estimate of drug-likeness (QED) is 0.600. The molecule has 5 nitrogen and oxygen atoms in total. The molecule has 2 aromatic carbocycles. The van der Waals surface area contributed by atoms with Crippen LogP contribution in [-0.4, -0.2) is 20.3 Å².